The van der Waals surface area contributed by atoms with E-state index in [0.29, 0.717) is 5.92 Å². The number of nitrogens with zero attached hydrogens (tertiary/aromatic N) is 1. The maximum Gasteiger partial charge on any atom is 0.0346 e. The van der Waals surface area contributed by atoms with Gasteiger partial charge in [0.15, 0.2) is 0 Å². The second kappa shape index (κ2) is 4.93. The maximum atomic E-state index is 4.16. The van der Waals surface area contributed by atoms with Crippen LogP contribution in [-0.4, -0.2) is 4.98 Å². The van der Waals surface area contributed by atoms with Crippen LogP contribution in [0.3, 0.4) is 0 Å². The van der Waals surface area contributed by atoms with Gasteiger partial charge in [0.2, 0.25) is 0 Å². The van der Waals surface area contributed by atoms with Crippen molar-refractivity contribution in [2.45, 2.75) is 20.3 Å². The molecule has 82 valence electrons. The van der Waals surface area contributed by atoms with Crippen molar-refractivity contribution < 1.29 is 0 Å². The molecule has 1 aromatic heterocycles. The lowest BCUT2D eigenvalue weighted by Gasteiger charge is -2.09. The Balaban J connectivity index is 2.37. The van der Waals surface area contributed by atoms with Crippen molar-refractivity contribution in [3.05, 3.63) is 60.0 Å². The fraction of sp³-hybridized carbons (Fsp3) is 0.267. The number of hydrogen-bond donors (Lipinski definition) is 0. The lowest BCUT2D eigenvalue weighted by molar-refractivity contribution is 0.739. The second-order valence-electron chi connectivity index (χ2n) is 4.37. The van der Waals surface area contributed by atoms with Crippen molar-refractivity contribution in [2.24, 2.45) is 5.92 Å². The van der Waals surface area contributed by atoms with Crippen LogP contribution in [0.1, 0.15) is 25.8 Å². The van der Waals surface area contributed by atoms with Gasteiger partial charge < -0.3 is 0 Å². The van der Waals surface area contributed by atoms with Crippen LogP contribution in [0.4, 0.5) is 0 Å². The molecule has 0 saturated heterocycles. The molecule has 0 radical (unpaired) electrons. The van der Waals surface area contributed by atoms with Crippen molar-refractivity contribution in [1.82, 2.24) is 4.98 Å². The summed E-state index contributed by atoms with van der Waals surface area (Å²) in [5.74, 6) is 0.628. The minimum absolute atomic E-state index is 0.628. The van der Waals surface area contributed by atoms with Crippen LogP contribution in [-0.2, 0) is 0 Å². The maximum absolute atomic E-state index is 4.16. The summed E-state index contributed by atoms with van der Waals surface area (Å²) in [5, 5.41) is 0. The third-order valence-corrected chi connectivity index (χ3v) is 2.73. The summed E-state index contributed by atoms with van der Waals surface area (Å²) in [6.07, 6.45) is 13.8. The van der Waals surface area contributed by atoms with Gasteiger partial charge in [-0.15, -0.1) is 0 Å². The predicted octanol–water partition coefficient (Wildman–Crippen LogP) is 4.01. The first-order chi connectivity index (χ1) is 7.75. The Hall–Kier alpha value is -1.63. The second-order valence-corrected chi connectivity index (χ2v) is 4.37. The van der Waals surface area contributed by atoms with E-state index in [1.807, 2.05) is 18.5 Å². The molecule has 1 heteroatoms. The Kier molecular flexibility index (Phi) is 3.35. The van der Waals surface area contributed by atoms with Gasteiger partial charge in [-0.3, -0.25) is 4.98 Å². The Labute approximate surface area is 97.2 Å². The molecule has 0 amide bonds. The van der Waals surface area contributed by atoms with Crippen LogP contribution in [0.2, 0.25) is 0 Å². The van der Waals surface area contributed by atoms with E-state index in [4.69, 9.17) is 0 Å². The van der Waals surface area contributed by atoms with Crippen LogP contribution in [0.25, 0.3) is 5.57 Å². The van der Waals surface area contributed by atoms with E-state index >= 15 is 0 Å². The fourth-order valence-electron chi connectivity index (χ4n) is 1.98. The smallest absolute Gasteiger partial charge is 0.0346 e. The number of hydrogen-bond acceptors (Lipinski definition) is 1. The number of rotatable bonds is 1. The van der Waals surface area contributed by atoms with E-state index < -0.39 is 0 Å². The highest BCUT2D eigenvalue weighted by atomic mass is 14.6. The third-order valence-electron chi connectivity index (χ3n) is 2.73. The van der Waals surface area contributed by atoms with Gasteiger partial charge in [-0.05, 0) is 36.5 Å². The lowest BCUT2D eigenvalue weighted by Crippen LogP contribution is -1.92. The average molecular weight is 211 g/mol. The summed E-state index contributed by atoms with van der Waals surface area (Å²) in [6, 6.07) is 4.08. The lowest BCUT2D eigenvalue weighted by atomic mass is 9.97. The minimum atomic E-state index is 0.628. The molecule has 16 heavy (non-hydrogen) atoms. The number of pyridine rings is 1. The molecule has 1 heterocycles. The standard InChI is InChI=1S/C15H17N/c1-12-5-3-6-14(10-13(2)9-12)15-7-4-8-16-11-15/h3-4,6-12H,5H2,1-2H3/b6-3+,13-9-,14-10+. The first-order valence-corrected chi connectivity index (χ1v) is 5.73. The molecule has 1 unspecified atom stereocenters. The molecule has 1 aliphatic carbocycles. The molecule has 1 aliphatic rings. The average Bonchev–Trinajstić information content (AvgIpc) is 2.26. The molecule has 0 N–H and O–H groups in total. The Bertz CT molecular complexity index is 438. The Morgan fingerprint density at radius 1 is 1.38 bits per heavy atom. The quantitative estimate of drug-likeness (QED) is 0.684. The van der Waals surface area contributed by atoms with Gasteiger partial charge in [-0.1, -0.05) is 42.9 Å². The zero-order valence-corrected chi connectivity index (χ0v) is 9.85. The summed E-state index contributed by atoms with van der Waals surface area (Å²) < 4.78 is 0. The zero-order valence-electron chi connectivity index (χ0n) is 9.85. The van der Waals surface area contributed by atoms with Crippen molar-refractivity contribution in [3.8, 4) is 0 Å². The molecule has 0 aliphatic heterocycles. The summed E-state index contributed by atoms with van der Waals surface area (Å²) in [4.78, 5) is 4.16. The van der Waals surface area contributed by atoms with Gasteiger partial charge in [0, 0.05) is 12.4 Å². The minimum Gasteiger partial charge on any atom is -0.264 e. The van der Waals surface area contributed by atoms with Gasteiger partial charge >= 0.3 is 0 Å². The normalized spacial score (nSPS) is 29.2. The van der Waals surface area contributed by atoms with Gasteiger partial charge in [-0.2, -0.15) is 0 Å². The molecule has 0 bridgehead atoms. The largest absolute Gasteiger partial charge is 0.264 e. The monoisotopic (exact) mass is 211 g/mol. The van der Waals surface area contributed by atoms with Crippen LogP contribution in [0, 0.1) is 5.92 Å². The van der Waals surface area contributed by atoms with E-state index in [2.05, 4.69) is 49.2 Å². The van der Waals surface area contributed by atoms with Gasteiger partial charge in [-0.25, -0.2) is 0 Å². The molecular formula is C15H17N. The molecule has 0 aromatic carbocycles. The molecule has 0 spiro atoms. The molecule has 1 atom stereocenters. The first-order valence-electron chi connectivity index (χ1n) is 5.73. The van der Waals surface area contributed by atoms with Gasteiger partial charge in [0.05, 0.1) is 0 Å². The first kappa shape index (κ1) is 10.9. The van der Waals surface area contributed by atoms with E-state index in [1.165, 1.54) is 16.7 Å². The fourth-order valence-corrected chi connectivity index (χ4v) is 1.98. The van der Waals surface area contributed by atoms with E-state index in [-0.39, 0.29) is 0 Å². The van der Waals surface area contributed by atoms with Crippen LogP contribution in [0.15, 0.2) is 54.4 Å². The van der Waals surface area contributed by atoms with Crippen molar-refractivity contribution in [2.75, 3.05) is 0 Å². The summed E-state index contributed by atoms with van der Waals surface area (Å²) >= 11 is 0. The van der Waals surface area contributed by atoms with Crippen LogP contribution < -0.4 is 0 Å². The zero-order chi connectivity index (χ0) is 11.4. The molecular weight excluding hydrogens is 194 g/mol. The van der Waals surface area contributed by atoms with Gasteiger partial charge in [0.1, 0.15) is 0 Å². The Morgan fingerprint density at radius 3 is 3.00 bits per heavy atom. The van der Waals surface area contributed by atoms with Crippen LogP contribution in [0.5, 0.6) is 0 Å². The van der Waals surface area contributed by atoms with E-state index in [1.54, 1.807) is 0 Å². The van der Waals surface area contributed by atoms with Crippen molar-refractivity contribution in [3.63, 3.8) is 0 Å². The van der Waals surface area contributed by atoms with Crippen molar-refractivity contribution >= 4 is 5.57 Å². The highest BCUT2D eigenvalue weighted by molar-refractivity contribution is 5.75. The summed E-state index contributed by atoms with van der Waals surface area (Å²) in [7, 11) is 0. The number of allylic oxidation sites excluding steroid dienone is 6. The van der Waals surface area contributed by atoms with Crippen molar-refractivity contribution in [1.29, 1.82) is 0 Å². The molecule has 1 aromatic rings. The van der Waals surface area contributed by atoms with E-state index in [0.717, 1.165) is 6.42 Å². The predicted molar refractivity (Wildman–Crippen MR) is 68.9 cm³/mol. The topological polar surface area (TPSA) is 12.9 Å². The molecule has 2 rings (SSSR count). The highest BCUT2D eigenvalue weighted by Gasteiger charge is 2.03. The highest BCUT2D eigenvalue weighted by Crippen LogP contribution is 2.21. The van der Waals surface area contributed by atoms with E-state index in [9.17, 15) is 0 Å². The molecule has 0 fully saturated rings. The summed E-state index contributed by atoms with van der Waals surface area (Å²) in [6.45, 7) is 4.41. The summed E-state index contributed by atoms with van der Waals surface area (Å²) in [5.41, 5.74) is 3.76. The Morgan fingerprint density at radius 2 is 2.25 bits per heavy atom. The SMILES string of the molecule is CC1=C/C(C)C/C=C/C(c2cccnc2)=C\1. The van der Waals surface area contributed by atoms with Gasteiger partial charge in [0.25, 0.3) is 0 Å². The molecule has 1 nitrogen and oxygen atoms in total. The van der Waals surface area contributed by atoms with Crippen LogP contribution >= 0.6 is 0 Å². The number of aromatic nitrogens is 1. The third kappa shape index (κ3) is 2.69. The molecule has 0 saturated carbocycles.